The summed E-state index contributed by atoms with van der Waals surface area (Å²) in [5, 5.41) is 5.80. The average Bonchev–Trinajstić information content (AvgIpc) is 2.69. The zero-order valence-electron chi connectivity index (χ0n) is 17.2. The van der Waals surface area contributed by atoms with Crippen LogP contribution in [0.1, 0.15) is 48.7 Å². The van der Waals surface area contributed by atoms with E-state index in [1.807, 2.05) is 64.1 Å². The number of rotatable bonds is 5. The van der Waals surface area contributed by atoms with Gasteiger partial charge in [0.15, 0.2) is 0 Å². The number of hydrogen-bond acceptors (Lipinski definition) is 3. The smallest absolute Gasteiger partial charge is 0.274 e. The summed E-state index contributed by atoms with van der Waals surface area (Å²) in [5.74, 6) is -0.584. The quantitative estimate of drug-likeness (QED) is 0.677. The first-order valence-corrected chi connectivity index (χ1v) is 9.52. The Morgan fingerprint density at radius 1 is 0.862 bits per heavy atom. The SMILES string of the molecule is Cc1cccc(CNC(=O)c2ccnc(C(=O)Nc3c(C)cc(C)cc3C)c2)c1. The number of carbonyl (C=O) groups is 2. The number of aryl methyl sites for hydroxylation is 4. The van der Waals surface area contributed by atoms with Gasteiger partial charge in [-0.1, -0.05) is 47.5 Å². The molecule has 0 aliphatic rings. The lowest BCUT2D eigenvalue weighted by molar-refractivity contribution is 0.0950. The highest BCUT2D eigenvalue weighted by Gasteiger charge is 2.14. The van der Waals surface area contributed by atoms with E-state index >= 15 is 0 Å². The molecule has 0 fully saturated rings. The Morgan fingerprint density at radius 2 is 1.59 bits per heavy atom. The third-order valence-corrected chi connectivity index (χ3v) is 4.71. The van der Waals surface area contributed by atoms with Crippen molar-refractivity contribution >= 4 is 17.5 Å². The molecule has 0 bridgehead atoms. The predicted molar refractivity (Wildman–Crippen MR) is 115 cm³/mol. The molecule has 3 aromatic rings. The summed E-state index contributed by atoms with van der Waals surface area (Å²) in [5.41, 5.74) is 6.66. The molecule has 3 rings (SSSR count). The Balaban J connectivity index is 1.71. The fourth-order valence-electron chi connectivity index (χ4n) is 3.36. The van der Waals surface area contributed by atoms with Crippen molar-refractivity contribution in [3.05, 3.63) is 93.8 Å². The van der Waals surface area contributed by atoms with E-state index in [0.717, 1.165) is 33.5 Å². The zero-order valence-corrected chi connectivity index (χ0v) is 17.2. The van der Waals surface area contributed by atoms with E-state index in [9.17, 15) is 9.59 Å². The third kappa shape index (κ3) is 5.08. The lowest BCUT2D eigenvalue weighted by atomic mass is 10.0. The summed E-state index contributed by atoms with van der Waals surface area (Å²) in [4.78, 5) is 29.3. The van der Waals surface area contributed by atoms with Crippen molar-refractivity contribution in [2.24, 2.45) is 0 Å². The first-order valence-electron chi connectivity index (χ1n) is 9.52. The van der Waals surface area contributed by atoms with Crippen LogP contribution in [0.3, 0.4) is 0 Å². The number of amides is 2. The van der Waals surface area contributed by atoms with Crippen molar-refractivity contribution in [3.63, 3.8) is 0 Å². The number of benzene rings is 2. The Labute approximate surface area is 171 Å². The van der Waals surface area contributed by atoms with Gasteiger partial charge in [-0.05, 0) is 56.5 Å². The summed E-state index contributed by atoms with van der Waals surface area (Å²) in [6.45, 7) is 8.37. The average molecular weight is 387 g/mol. The molecule has 0 saturated heterocycles. The Hall–Kier alpha value is -3.47. The van der Waals surface area contributed by atoms with Gasteiger partial charge >= 0.3 is 0 Å². The fraction of sp³-hybridized carbons (Fsp3) is 0.208. The molecule has 5 heteroatoms. The molecule has 148 valence electrons. The van der Waals surface area contributed by atoms with Crippen LogP contribution in [-0.2, 0) is 6.54 Å². The number of pyridine rings is 1. The van der Waals surface area contributed by atoms with Crippen molar-refractivity contribution in [2.45, 2.75) is 34.2 Å². The van der Waals surface area contributed by atoms with Gasteiger partial charge in [0.05, 0.1) is 0 Å². The first-order chi connectivity index (χ1) is 13.8. The van der Waals surface area contributed by atoms with Gasteiger partial charge in [0, 0.05) is 24.0 Å². The topological polar surface area (TPSA) is 71.1 Å². The van der Waals surface area contributed by atoms with Crippen molar-refractivity contribution in [1.29, 1.82) is 0 Å². The van der Waals surface area contributed by atoms with Gasteiger partial charge in [0.2, 0.25) is 0 Å². The molecule has 2 aromatic carbocycles. The van der Waals surface area contributed by atoms with Crippen molar-refractivity contribution in [1.82, 2.24) is 10.3 Å². The number of carbonyl (C=O) groups excluding carboxylic acids is 2. The van der Waals surface area contributed by atoms with E-state index in [0.29, 0.717) is 12.1 Å². The van der Waals surface area contributed by atoms with Gasteiger partial charge in [-0.2, -0.15) is 0 Å². The van der Waals surface area contributed by atoms with E-state index in [1.54, 1.807) is 6.07 Å². The first kappa shape index (κ1) is 20.3. The van der Waals surface area contributed by atoms with Crippen LogP contribution in [0, 0.1) is 27.7 Å². The molecular formula is C24H25N3O2. The molecule has 0 aliphatic heterocycles. The van der Waals surface area contributed by atoms with E-state index in [1.165, 1.54) is 12.3 Å². The number of nitrogens with zero attached hydrogens (tertiary/aromatic N) is 1. The van der Waals surface area contributed by atoms with Crippen LogP contribution in [0.15, 0.2) is 54.7 Å². The second-order valence-electron chi connectivity index (χ2n) is 7.33. The zero-order chi connectivity index (χ0) is 21.0. The summed E-state index contributed by atoms with van der Waals surface area (Å²) in [7, 11) is 0. The molecule has 5 nitrogen and oxygen atoms in total. The Morgan fingerprint density at radius 3 is 2.28 bits per heavy atom. The molecule has 1 heterocycles. The lowest BCUT2D eigenvalue weighted by Crippen LogP contribution is -2.24. The molecule has 0 spiro atoms. The highest BCUT2D eigenvalue weighted by Crippen LogP contribution is 2.22. The molecule has 2 amide bonds. The van der Waals surface area contributed by atoms with Gasteiger partial charge in [0.1, 0.15) is 5.69 Å². The van der Waals surface area contributed by atoms with E-state index in [2.05, 4.69) is 15.6 Å². The van der Waals surface area contributed by atoms with E-state index < -0.39 is 0 Å². The largest absolute Gasteiger partial charge is 0.348 e. The molecule has 1 aromatic heterocycles. The maximum atomic E-state index is 12.7. The number of anilines is 1. The maximum absolute atomic E-state index is 12.7. The van der Waals surface area contributed by atoms with Gasteiger partial charge in [-0.15, -0.1) is 0 Å². The van der Waals surface area contributed by atoms with Gasteiger partial charge < -0.3 is 10.6 Å². The Bertz CT molecular complexity index is 1050. The van der Waals surface area contributed by atoms with Gasteiger partial charge in [0.25, 0.3) is 11.8 Å². The van der Waals surface area contributed by atoms with Crippen LogP contribution in [0.25, 0.3) is 0 Å². The van der Waals surface area contributed by atoms with Crippen LogP contribution in [-0.4, -0.2) is 16.8 Å². The van der Waals surface area contributed by atoms with Crippen LogP contribution in [0.5, 0.6) is 0 Å². The van der Waals surface area contributed by atoms with E-state index in [-0.39, 0.29) is 17.5 Å². The molecular weight excluding hydrogens is 362 g/mol. The van der Waals surface area contributed by atoms with Gasteiger partial charge in [-0.25, -0.2) is 0 Å². The molecule has 0 aliphatic carbocycles. The molecule has 0 radical (unpaired) electrons. The van der Waals surface area contributed by atoms with Gasteiger partial charge in [-0.3, -0.25) is 14.6 Å². The van der Waals surface area contributed by atoms with Crippen molar-refractivity contribution in [3.8, 4) is 0 Å². The molecule has 0 atom stereocenters. The normalized spacial score (nSPS) is 10.5. The third-order valence-electron chi connectivity index (χ3n) is 4.71. The van der Waals surface area contributed by atoms with Crippen molar-refractivity contribution in [2.75, 3.05) is 5.32 Å². The van der Waals surface area contributed by atoms with Crippen molar-refractivity contribution < 1.29 is 9.59 Å². The summed E-state index contributed by atoms with van der Waals surface area (Å²) in [6.07, 6.45) is 1.48. The second kappa shape index (κ2) is 8.69. The minimum atomic E-state index is -0.339. The fourth-order valence-corrected chi connectivity index (χ4v) is 3.36. The second-order valence-corrected chi connectivity index (χ2v) is 7.33. The van der Waals surface area contributed by atoms with Crippen LogP contribution < -0.4 is 10.6 Å². The standard InChI is InChI=1S/C24H25N3O2/c1-15-6-5-7-19(12-15)14-26-23(28)20-8-9-25-21(13-20)24(29)27-22-17(3)10-16(2)11-18(22)4/h5-13H,14H2,1-4H3,(H,26,28)(H,27,29). The predicted octanol–water partition coefficient (Wildman–Crippen LogP) is 4.50. The molecule has 0 unspecified atom stereocenters. The summed E-state index contributed by atoms with van der Waals surface area (Å²) < 4.78 is 0. The minimum absolute atomic E-state index is 0.201. The molecule has 0 saturated carbocycles. The van der Waals surface area contributed by atoms with E-state index in [4.69, 9.17) is 0 Å². The summed E-state index contributed by atoms with van der Waals surface area (Å²) >= 11 is 0. The highest BCUT2D eigenvalue weighted by molar-refractivity contribution is 6.05. The highest BCUT2D eigenvalue weighted by atomic mass is 16.2. The lowest BCUT2D eigenvalue weighted by Gasteiger charge is -2.13. The number of hydrogen-bond donors (Lipinski definition) is 2. The van der Waals surface area contributed by atoms with Crippen LogP contribution >= 0.6 is 0 Å². The Kier molecular flexibility index (Phi) is 6.07. The minimum Gasteiger partial charge on any atom is -0.348 e. The number of nitrogens with one attached hydrogen (secondary N) is 2. The number of aromatic nitrogens is 1. The van der Waals surface area contributed by atoms with Crippen LogP contribution in [0.2, 0.25) is 0 Å². The molecule has 2 N–H and O–H groups in total. The maximum Gasteiger partial charge on any atom is 0.274 e. The monoisotopic (exact) mass is 387 g/mol. The molecule has 29 heavy (non-hydrogen) atoms. The summed E-state index contributed by atoms with van der Waals surface area (Å²) in [6, 6.07) is 15.1. The van der Waals surface area contributed by atoms with Crippen LogP contribution in [0.4, 0.5) is 5.69 Å².